The predicted molar refractivity (Wildman–Crippen MR) is 99.7 cm³/mol. The minimum absolute atomic E-state index is 0.255. The molecule has 5 heteroatoms. The first-order chi connectivity index (χ1) is 12.3. The van der Waals surface area contributed by atoms with Crippen LogP contribution in [0, 0.1) is 6.07 Å². The zero-order chi connectivity index (χ0) is 18.7. The van der Waals surface area contributed by atoms with Gasteiger partial charge in [-0.3, -0.25) is 9.69 Å². The van der Waals surface area contributed by atoms with Gasteiger partial charge in [0.15, 0.2) is 0 Å². The van der Waals surface area contributed by atoms with Crippen molar-refractivity contribution in [1.82, 2.24) is 4.90 Å². The van der Waals surface area contributed by atoms with Crippen LogP contribution >= 0.6 is 0 Å². The van der Waals surface area contributed by atoms with E-state index in [1.165, 1.54) is 4.90 Å². The lowest BCUT2D eigenvalue weighted by molar-refractivity contribution is -0.121. The molecule has 0 saturated heterocycles. The number of hydrogen-bond acceptors (Lipinski definition) is 3. The van der Waals surface area contributed by atoms with Crippen molar-refractivity contribution < 1.29 is 14.3 Å². The monoisotopic (exact) mass is 351 g/mol. The summed E-state index contributed by atoms with van der Waals surface area (Å²) in [5.41, 5.74) is 1.96. The number of benzene rings is 2. The van der Waals surface area contributed by atoms with Crippen LogP contribution in [-0.4, -0.2) is 29.0 Å². The van der Waals surface area contributed by atoms with Gasteiger partial charge in [-0.15, -0.1) is 0 Å². The Hall–Kier alpha value is -2.82. The van der Waals surface area contributed by atoms with E-state index >= 15 is 0 Å². The molecule has 2 aromatic rings. The van der Waals surface area contributed by atoms with Crippen LogP contribution < -0.4 is 5.32 Å². The molecular weight excluding hydrogens is 328 g/mol. The van der Waals surface area contributed by atoms with Crippen molar-refractivity contribution in [3.63, 3.8) is 0 Å². The molecule has 0 bridgehead atoms. The van der Waals surface area contributed by atoms with E-state index in [0.717, 1.165) is 11.1 Å². The third-order valence-corrected chi connectivity index (χ3v) is 4.15. The largest absolute Gasteiger partial charge is 0.444 e. The lowest BCUT2D eigenvalue weighted by Gasteiger charge is -2.37. The van der Waals surface area contributed by atoms with E-state index in [-0.39, 0.29) is 5.91 Å². The number of fused-ring (bicyclic) bond motifs is 1. The first kappa shape index (κ1) is 18.0. The molecule has 1 N–H and O–H groups in total. The molecule has 1 unspecified atom stereocenters. The fraction of sp³-hybridized carbons (Fsp3) is 0.333. The maximum Gasteiger partial charge on any atom is 0.411 e. The number of carbonyl (C=O) groups excluding carboxylic acids is 2. The minimum Gasteiger partial charge on any atom is -0.444 e. The average Bonchev–Trinajstić information content (AvgIpc) is 2.60. The molecule has 1 aliphatic rings. The van der Waals surface area contributed by atoms with Crippen LogP contribution in [0.15, 0.2) is 48.5 Å². The minimum atomic E-state index is -0.723. The first-order valence-corrected chi connectivity index (χ1v) is 8.69. The second kappa shape index (κ2) is 7.20. The van der Waals surface area contributed by atoms with Crippen molar-refractivity contribution in [1.29, 1.82) is 0 Å². The van der Waals surface area contributed by atoms with Crippen LogP contribution in [-0.2, 0) is 16.0 Å². The Kier molecular flexibility index (Phi) is 4.98. The van der Waals surface area contributed by atoms with E-state index in [4.69, 9.17) is 4.74 Å². The summed E-state index contributed by atoms with van der Waals surface area (Å²) in [6, 6.07) is 16.9. The van der Waals surface area contributed by atoms with Crippen LogP contribution in [0.5, 0.6) is 0 Å². The molecule has 135 valence electrons. The van der Waals surface area contributed by atoms with Crippen LogP contribution in [0.3, 0.4) is 0 Å². The summed E-state index contributed by atoms with van der Waals surface area (Å²) < 4.78 is 5.52. The van der Waals surface area contributed by atoms with Crippen molar-refractivity contribution in [3.8, 4) is 0 Å². The molecule has 1 atom stereocenters. The van der Waals surface area contributed by atoms with Crippen LogP contribution in [0.4, 0.5) is 10.5 Å². The Labute approximate surface area is 154 Å². The van der Waals surface area contributed by atoms with Gasteiger partial charge in [-0.05, 0) is 56.5 Å². The lowest BCUT2D eigenvalue weighted by Crippen LogP contribution is -2.47. The standard InChI is InChI=1S/C21H23N2O3/c1-21(2,3)26-20(25)23-14-13-15-9-7-8-12-17(15)18(23)19(24)22-16-10-5-4-6-11-16/h5-12,18H,13-14H2,1-3H3,(H,22,24). The maximum atomic E-state index is 13.0. The molecule has 26 heavy (non-hydrogen) atoms. The molecular formula is C21H23N2O3. The van der Waals surface area contributed by atoms with Gasteiger partial charge in [0.1, 0.15) is 11.6 Å². The predicted octanol–water partition coefficient (Wildman–Crippen LogP) is 3.96. The molecule has 5 nitrogen and oxygen atoms in total. The highest BCUT2D eigenvalue weighted by atomic mass is 16.6. The summed E-state index contributed by atoms with van der Waals surface area (Å²) in [5.74, 6) is -0.255. The fourth-order valence-corrected chi connectivity index (χ4v) is 3.05. The Morgan fingerprint density at radius 3 is 2.54 bits per heavy atom. The molecule has 1 heterocycles. The van der Waals surface area contributed by atoms with Gasteiger partial charge in [0.25, 0.3) is 5.91 Å². The van der Waals surface area contributed by atoms with Crippen LogP contribution in [0.2, 0.25) is 0 Å². The number of amides is 2. The summed E-state index contributed by atoms with van der Waals surface area (Å²) >= 11 is 0. The fourth-order valence-electron chi connectivity index (χ4n) is 3.05. The maximum absolute atomic E-state index is 13.0. The van der Waals surface area contributed by atoms with Gasteiger partial charge in [0.2, 0.25) is 0 Å². The van der Waals surface area contributed by atoms with E-state index < -0.39 is 17.7 Å². The van der Waals surface area contributed by atoms with Gasteiger partial charge < -0.3 is 10.1 Å². The van der Waals surface area contributed by atoms with Crippen LogP contribution in [0.25, 0.3) is 0 Å². The summed E-state index contributed by atoms with van der Waals surface area (Å²) in [4.78, 5) is 27.3. The average molecular weight is 351 g/mol. The third kappa shape index (κ3) is 4.04. The zero-order valence-corrected chi connectivity index (χ0v) is 15.3. The Bertz CT molecular complexity index is 796. The van der Waals surface area contributed by atoms with E-state index in [9.17, 15) is 9.59 Å². The summed E-state index contributed by atoms with van der Waals surface area (Å²) in [6.07, 6.45) is 0.216. The molecule has 0 aromatic heterocycles. The second-order valence-electron chi connectivity index (χ2n) is 7.30. The molecule has 1 aliphatic heterocycles. The molecule has 2 amide bonds. The van der Waals surface area contributed by atoms with Crippen molar-refractivity contribution in [2.45, 2.75) is 38.8 Å². The Morgan fingerprint density at radius 2 is 1.85 bits per heavy atom. The highest BCUT2D eigenvalue weighted by Gasteiger charge is 2.37. The van der Waals surface area contributed by atoms with E-state index in [0.29, 0.717) is 18.7 Å². The number of anilines is 1. The van der Waals surface area contributed by atoms with Gasteiger partial charge >= 0.3 is 6.09 Å². The zero-order valence-electron chi connectivity index (χ0n) is 15.3. The third-order valence-electron chi connectivity index (χ3n) is 4.15. The summed E-state index contributed by atoms with van der Waals surface area (Å²) in [7, 11) is 0. The van der Waals surface area contributed by atoms with Gasteiger partial charge in [-0.25, -0.2) is 4.79 Å². The lowest BCUT2D eigenvalue weighted by atomic mass is 9.92. The van der Waals surface area contributed by atoms with Crippen molar-refractivity contribution in [2.24, 2.45) is 0 Å². The number of nitrogens with zero attached hydrogens (tertiary/aromatic N) is 1. The van der Waals surface area contributed by atoms with Crippen molar-refractivity contribution in [3.05, 3.63) is 65.7 Å². The quantitative estimate of drug-likeness (QED) is 0.891. The highest BCUT2D eigenvalue weighted by Crippen LogP contribution is 2.32. The van der Waals surface area contributed by atoms with Gasteiger partial charge in [0.05, 0.1) is 0 Å². The van der Waals surface area contributed by atoms with Gasteiger partial charge in [0, 0.05) is 12.2 Å². The number of rotatable bonds is 2. The van der Waals surface area contributed by atoms with E-state index in [2.05, 4.69) is 11.4 Å². The first-order valence-electron chi connectivity index (χ1n) is 8.69. The molecule has 0 fully saturated rings. The van der Waals surface area contributed by atoms with Crippen molar-refractivity contribution in [2.75, 3.05) is 11.9 Å². The molecule has 3 rings (SSSR count). The van der Waals surface area contributed by atoms with Gasteiger partial charge in [-0.2, -0.15) is 0 Å². The second-order valence-corrected chi connectivity index (χ2v) is 7.30. The number of carbonyl (C=O) groups is 2. The van der Waals surface area contributed by atoms with Crippen LogP contribution in [0.1, 0.15) is 37.9 Å². The van der Waals surface area contributed by atoms with Crippen molar-refractivity contribution >= 4 is 17.7 Å². The molecule has 2 aromatic carbocycles. The molecule has 0 spiro atoms. The summed E-state index contributed by atoms with van der Waals surface area (Å²) in [5, 5.41) is 2.89. The van der Waals surface area contributed by atoms with Gasteiger partial charge in [-0.1, -0.05) is 36.4 Å². The topological polar surface area (TPSA) is 58.6 Å². The smallest absolute Gasteiger partial charge is 0.411 e. The normalized spacial score (nSPS) is 16.6. The number of nitrogens with one attached hydrogen (secondary N) is 1. The van der Waals surface area contributed by atoms with E-state index in [1.807, 2.05) is 45.0 Å². The van der Waals surface area contributed by atoms with E-state index in [1.54, 1.807) is 24.3 Å². The molecule has 0 saturated carbocycles. The Morgan fingerprint density at radius 1 is 1.15 bits per heavy atom. The molecule has 0 aliphatic carbocycles. The SMILES string of the molecule is CC(C)(C)OC(=O)N1CCc2ccccc2C1C(=O)Nc1cc[c]cc1. The highest BCUT2D eigenvalue weighted by molar-refractivity contribution is 5.97. The molecule has 1 radical (unpaired) electrons. The number of ether oxygens (including phenoxy) is 1. The summed E-state index contributed by atoms with van der Waals surface area (Å²) in [6.45, 7) is 5.89. The number of hydrogen-bond donors (Lipinski definition) is 1. The Balaban J connectivity index is 1.91.